The van der Waals surface area contributed by atoms with Gasteiger partial charge in [-0.2, -0.15) is 0 Å². The summed E-state index contributed by atoms with van der Waals surface area (Å²) in [7, 11) is 0. The molecule has 0 bridgehead atoms. The molecule has 0 aromatic heterocycles. The molecule has 352 valence electrons. The van der Waals surface area contributed by atoms with E-state index in [-0.39, 0.29) is 5.41 Å². The fourth-order valence-corrected chi connectivity index (χ4v) is 9.94. The number of hydrogen-bond acceptors (Lipinski definition) is 0. The quantitative estimate of drug-likeness (QED) is 0.140. The molecule has 0 fully saturated rings. The van der Waals surface area contributed by atoms with Crippen LogP contribution in [0.4, 0.5) is 0 Å². The van der Waals surface area contributed by atoms with E-state index in [0.717, 1.165) is 12.8 Å². The van der Waals surface area contributed by atoms with Gasteiger partial charge in [0.2, 0.25) is 0 Å². The van der Waals surface area contributed by atoms with Crippen LogP contribution in [-0.2, 0) is 5.41 Å². The van der Waals surface area contributed by atoms with Gasteiger partial charge in [0, 0.05) is 5.41 Å². The SMILES string of the molecule is C/C=C/C=C(\C=C/c1ccccc1)c1cccc2ccccc12.CC.CC1=C(c2ccc(C)cc2C)C=C(c2ccc(C)c(-c3ccccc3C)c2)CC1.Cc1ccc2c(c1)C(C)(C)c1ccccc1-2. The van der Waals surface area contributed by atoms with Crippen molar-refractivity contribution in [2.75, 3.05) is 0 Å². The highest BCUT2D eigenvalue weighted by molar-refractivity contribution is 5.97. The Hall–Kier alpha value is -7.28. The van der Waals surface area contributed by atoms with Gasteiger partial charge in [-0.3, -0.25) is 0 Å². The highest BCUT2D eigenvalue weighted by atomic mass is 14.4. The van der Waals surface area contributed by atoms with Crippen molar-refractivity contribution in [3.05, 3.63) is 273 Å². The van der Waals surface area contributed by atoms with Gasteiger partial charge in [-0.15, -0.1) is 0 Å². The van der Waals surface area contributed by atoms with E-state index < -0.39 is 0 Å². The normalized spacial score (nSPS) is 13.6. The summed E-state index contributed by atoms with van der Waals surface area (Å²) in [4.78, 5) is 0. The van der Waals surface area contributed by atoms with Crippen molar-refractivity contribution < 1.29 is 0 Å². The first-order valence-electron chi connectivity index (χ1n) is 25.3. The van der Waals surface area contributed by atoms with Gasteiger partial charge in [-0.1, -0.05) is 251 Å². The lowest BCUT2D eigenvalue weighted by atomic mass is 9.82. The summed E-state index contributed by atoms with van der Waals surface area (Å²) < 4.78 is 0. The van der Waals surface area contributed by atoms with Gasteiger partial charge in [0.15, 0.2) is 0 Å². The number of hydrogen-bond donors (Lipinski definition) is 0. The van der Waals surface area contributed by atoms with Crippen LogP contribution in [0.15, 0.2) is 212 Å². The van der Waals surface area contributed by atoms with Crippen molar-refractivity contribution >= 4 is 33.6 Å². The second kappa shape index (κ2) is 23.3. The van der Waals surface area contributed by atoms with Gasteiger partial charge in [-0.25, -0.2) is 0 Å². The van der Waals surface area contributed by atoms with E-state index in [0.29, 0.717) is 0 Å². The Labute approximate surface area is 421 Å². The van der Waals surface area contributed by atoms with E-state index in [1.54, 1.807) is 0 Å². The lowest BCUT2D eigenvalue weighted by Crippen LogP contribution is -2.14. The first-order valence-corrected chi connectivity index (χ1v) is 25.3. The van der Waals surface area contributed by atoms with Crippen molar-refractivity contribution in [2.24, 2.45) is 0 Å². The molecule has 0 unspecified atom stereocenters. The zero-order chi connectivity index (χ0) is 49.8. The molecule has 2 aliphatic rings. The van der Waals surface area contributed by atoms with Crippen molar-refractivity contribution in [1.82, 2.24) is 0 Å². The monoisotopic (exact) mass is 913 g/mol. The molecule has 0 heterocycles. The van der Waals surface area contributed by atoms with Gasteiger partial charge in [-0.05, 0) is 167 Å². The number of aryl methyl sites for hydroxylation is 5. The van der Waals surface area contributed by atoms with Gasteiger partial charge in [0.1, 0.15) is 0 Å². The van der Waals surface area contributed by atoms with Crippen LogP contribution >= 0.6 is 0 Å². The second-order valence-electron chi connectivity index (χ2n) is 19.2. The molecule has 0 saturated carbocycles. The Morgan fingerprint density at radius 2 is 1.13 bits per heavy atom. The molecule has 8 aromatic carbocycles. The number of rotatable bonds is 7. The van der Waals surface area contributed by atoms with Crippen LogP contribution in [0.1, 0.15) is 116 Å². The standard InChI is InChI=1S/C29H30.C23H20.C16H16.C2H6/c1-19-10-15-27(23(5)16-19)29-18-25(14-12-22(29)4)24-13-11-21(3)28(17-24)26-9-7-6-8-20(26)2;1-2-3-12-21(18-17-19-10-5-4-6-11-19)23-16-9-14-20-13-7-8-15-22(20)23;1-11-8-9-13-12-6-4-5-7-14(12)16(2,3)15(13)10-11;1-2/h6-11,13,15-18H,12,14H2,1-5H3;2-18H,1H3;4-10H,1-3H3;1-2H3/b;3-2+,18-17-,21-12+;;. The molecule has 0 aliphatic heterocycles. The van der Waals surface area contributed by atoms with Crippen molar-refractivity contribution in [2.45, 2.75) is 94.4 Å². The van der Waals surface area contributed by atoms with Crippen molar-refractivity contribution in [3.63, 3.8) is 0 Å². The molecule has 10 rings (SSSR count). The molecule has 0 nitrogen and oxygen atoms in total. The van der Waals surface area contributed by atoms with E-state index in [4.69, 9.17) is 0 Å². The van der Waals surface area contributed by atoms with Crippen LogP contribution in [-0.4, -0.2) is 0 Å². The maximum Gasteiger partial charge on any atom is 0.0158 e. The van der Waals surface area contributed by atoms with E-state index in [9.17, 15) is 0 Å². The molecule has 0 amide bonds. The maximum absolute atomic E-state index is 2.43. The van der Waals surface area contributed by atoms with Crippen LogP contribution in [0, 0.1) is 34.6 Å². The molecule has 8 aromatic rings. The highest BCUT2D eigenvalue weighted by Gasteiger charge is 2.34. The Balaban J connectivity index is 0.000000158. The minimum Gasteiger partial charge on any atom is -0.0876 e. The molecular weight excluding hydrogens is 841 g/mol. The summed E-state index contributed by atoms with van der Waals surface area (Å²) in [5.74, 6) is 0. The topological polar surface area (TPSA) is 0 Å². The summed E-state index contributed by atoms with van der Waals surface area (Å²) in [6.45, 7) is 23.9. The van der Waals surface area contributed by atoms with Crippen LogP contribution < -0.4 is 0 Å². The van der Waals surface area contributed by atoms with Crippen LogP contribution in [0.2, 0.25) is 0 Å². The average molecular weight is 913 g/mol. The fraction of sp³-hybridized carbons (Fsp3) is 0.200. The third kappa shape index (κ3) is 11.6. The summed E-state index contributed by atoms with van der Waals surface area (Å²) in [5.41, 5.74) is 26.0. The minimum atomic E-state index is 0.151. The Morgan fingerprint density at radius 1 is 0.500 bits per heavy atom. The lowest BCUT2D eigenvalue weighted by molar-refractivity contribution is 0.660. The first kappa shape index (κ1) is 50.6. The third-order valence-electron chi connectivity index (χ3n) is 13.8. The van der Waals surface area contributed by atoms with Crippen molar-refractivity contribution in [1.29, 1.82) is 0 Å². The Morgan fingerprint density at radius 3 is 1.87 bits per heavy atom. The van der Waals surface area contributed by atoms with Gasteiger partial charge >= 0.3 is 0 Å². The Kier molecular flexibility index (Phi) is 16.9. The number of fused-ring (bicyclic) bond motifs is 4. The predicted octanol–water partition coefficient (Wildman–Crippen LogP) is 20.1. The molecule has 0 N–H and O–H groups in total. The maximum atomic E-state index is 2.43. The van der Waals surface area contributed by atoms with Gasteiger partial charge < -0.3 is 0 Å². The van der Waals surface area contributed by atoms with Gasteiger partial charge in [0.05, 0.1) is 0 Å². The molecule has 0 saturated heterocycles. The van der Waals surface area contributed by atoms with Crippen LogP contribution in [0.5, 0.6) is 0 Å². The molecule has 0 spiro atoms. The van der Waals surface area contributed by atoms with E-state index in [1.807, 2.05) is 26.8 Å². The molecule has 0 radical (unpaired) electrons. The zero-order valence-electron chi connectivity index (χ0n) is 43.6. The van der Waals surface area contributed by atoms with Crippen molar-refractivity contribution in [3.8, 4) is 22.3 Å². The molecular formula is C70H72. The minimum absolute atomic E-state index is 0.151. The summed E-state index contributed by atoms with van der Waals surface area (Å²) in [6.07, 6.45) is 15.3. The van der Waals surface area contributed by atoms with E-state index in [2.05, 4.69) is 262 Å². The number of allylic oxidation sites excluding steroid dienone is 9. The average Bonchev–Trinajstić information content (AvgIpc) is 3.60. The highest BCUT2D eigenvalue weighted by Crippen LogP contribution is 2.48. The zero-order valence-corrected chi connectivity index (χ0v) is 43.6. The summed E-state index contributed by atoms with van der Waals surface area (Å²) in [6, 6.07) is 63.4. The molecule has 0 atom stereocenters. The van der Waals surface area contributed by atoms with E-state index >= 15 is 0 Å². The third-order valence-corrected chi connectivity index (χ3v) is 13.8. The fourth-order valence-electron chi connectivity index (χ4n) is 9.94. The van der Waals surface area contributed by atoms with Gasteiger partial charge in [0.25, 0.3) is 0 Å². The predicted molar refractivity (Wildman–Crippen MR) is 309 cm³/mol. The first-order chi connectivity index (χ1) is 33.9. The second-order valence-corrected chi connectivity index (χ2v) is 19.2. The smallest absolute Gasteiger partial charge is 0.0158 e. The number of benzene rings is 8. The van der Waals surface area contributed by atoms with Crippen LogP contribution in [0.3, 0.4) is 0 Å². The van der Waals surface area contributed by atoms with E-state index in [1.165, 1.54) is 117 Å². The summed E-state index contributed by atoms with van der Waals surface area (Å²) in [5, 5.41) is 2.55. The summed E-state index contributed by atoms with van der Waals surface area (Å²) >= 11 is 0. The largest absolute Gasteiger partial charge is 0.0876 e. The molecule has 70 heavy (non-hydrogen) atoms. The Bertz CT molecular complexity index is 3240. The molecule has 0 heteroatoms. The van der Waals surface area contributed by atoms with Crippen LogP contribution in [0.25, 0.3) is 55.8 Å². The molecule has 2 aliphatic carbocycles. The lowest BCUT2D eigenvalue weighted by Gasteiger charge is -2.21.